The third kappa shape index (κ3) is 5.43. The molecule has 10 nitrogen and oxygen atoms in total. The molecule has 3 rings (SSSR count). The van der Waals surface area contributed by atoms with E-state index in [1.807, 2.05) is 0 Å². The van der Waals surface area contributed by atoms with Crippen LogP contribution < -0.4 is 10.5 Å². The standard InChI is InChI=1S/C17H13F2N7O3.ClH/c18-12-4-10(16-23-25-26(24-16)8-11(21)5-15(27)28)1-2-14(12)29-17-13(19)3-9(6-20)7-22-17;/h1-4,7,11H,5,8,21H2,(H,27,28);1H/t11-;/m0./s1. The fourth-order valence-electron chi connectivity index (χ4n) is 2.32. The number of carbonyl (C=O) groups is 1. The monoisotopic (exact) mass is 437 g/mol. The minimum atomic E-state index is -1.05. The number of nitrogens with two attached hydrogens (primary N) is 1. The number of halogens is 3. The number of hydrogen-bond donors (Lipinski definition) is 2. The molecule has 0 fully saturated rings. The molecule has 2 aromatic heterocycles. The van der Waals surface area contributed by atoms with Gasteiger partial charge in [-0.2, -0.15) is 10.1 Å². The maximum Gasteiger partial charge on any atom is 0.304 e. The number of benzene rings is 1. The molecule has 0 saturated carbocycles. The molecule has 0 unspecified atom stereocenters. The van der Waals surface area contributed by atoms with Crippen LogP contribution in [-0.4, -0.2) is 42.3 Å². The van der Waals surface area contributed by atoms with Crippen LogP contribution in [0.3, 0.4) is 0 Å². The van der Waals surface area contributed by atoms with Gasteiger partial charge in [-0.3, -0.25) is 4.79 Å². The summed E-state index contributed by atoms with van der Waals surface area (Å²) in [7, 11) is 0. The lowest BCUT2D eigenvalue weighted by molar-refractivity contribution is -0.137. The summed E-state index contributed by atoms with van der Waals surface area (Å²) in [5.74, 6) is -3.47. The van der Waals surface area contributed by atoms with Crippen molar-refractivity contribution in [1.82, 2.24) is 25.2 Å². The van der Waals surface area contributed by atoms with E-state index >= 15 is 0 Å². The van der Waals surface area contributed by atoms with Gasteiger partial charge in [0, 0.05) is 17.8 Å². The minimum Gasteiger partial charge on any atom is -0.481 e. The van der Waals surface area contributed by atoms with Crippen LogP contribution in [0.5, 0.6) is 11.6 Å². The number of carboxylic acids is 1. The van der Waals surface area contributed by atoms with Gasteiger partial charge in [0.2, 0.25) is 5.82 Å². The van der Waals surface area contributed by atoms with Crippen molar-refractivity contribution >= 4 is 18.4 Å². The first-order chi connectivity index (χ1) is 13.9. The lowest BCUT2D eigenvalue weighted by atomic mass is 10.2. The number of carboxylic acid groups (broad SMARTS) is 1. The highest BCUT2D eigenvalue weighted by Crippen LogP contribution is 2.28. The Morgan fingerprint density at radius 1 is 1.33 bits per heavy atom. The summed E-state index contributed by atoms with van der Waals surface area (Å²) in [5.41, 5.74) is 5.93. The van der Waals surface area contributed by atoms with Crippen LogP contribution in [0.25, 0.3) is 11.4 Å². The Morgan fingerprint density at radius 3 is 2.73 bits per heavy atom. The van der Waals surface area contributed by atoms with Gasteiger partial charge in [-0.15, -0.1) is 22.6 Å². The van der Waals surface area contributed by atoms with Crippen molar-refractivity contribution in [1.29, 1.82) is 5.26 Å². The first kappa shape index (κ1) is 22.6. The number of aromatic nitrogens is 5. The number of aliphatic carboxylic acids is 1. The number of pyridine rings is 1. The van der Waals surface area contributed by atoms with E-state index in [1.165, 1.54) is 12.1 Å². The van der Waals surface area contributed by atoms with Crippen LogP contribution in [0, 0.1) is 23.0 Å². The van der Waals surface area contributed by atoms with Gasteiger partial charge in [0.15, 0.2) is 17.4 Å². The van der Waals surface area contributed by atoms with E-state index in [1.54, 1.807) is 6.07 Å². The second kappa shape index (κ2) is 9.68. The van der Waals surface area contributed by atoms with Gasteiger partial charge < -0.3 is 15.6 Å². The van der Waals surface area contributed by atoms with Crippen LogP contribution in [0.15, 0.2) is 30.5 Å². The molecule has 3 N–H and O–H groups in total. The fraction of sp³-hybridized carbons (Fsp3) is 0.176. The zero-order valence-corrected chi connectivity index (χ0v) is 15.9. The molecular weight excluding hydrogens is 424 g/mol. The van der Waals surface area contributed by atoms with Gasteiger partial charge in [-0.1, -0.05) is 0 Å². The molecule has 30 heavy (non-hydrogen) atoms. The Morgan fingerprint density at radius 2 is 2.10 bits per heavy atom. The number of nitrogens with zero attached hydrogens (tertiary/aromatic N) is 6. The van der Waals surface area contributed by atoms with Crippen molar-refractivity contribution in [3.05, 3.63) is 47.7 Å². The lowest BCUT2D eigenvalue weighted by Gasteiger charge is -2.07. The van der Waals surface area contributed by atoms with Gasteiger partial charge in [0.05, 0.1) is 18.5 Å². The van der Waals surface area contributed by atoms with Gasteiger partial charge >= 0.3 is 5.97 Å². The summed E-state index contributed by atoms with van der Waals surface area (Å²) in [5, 5.41) is 29.0. The van der Waals surface area contributed by atoms with Crippen LogP contribution in [-0.2, 0) is 11.3 Å². The van der Waals surface area contributed by atoms with E-state index in [2.05, 4.69) is 20.4 Å². The second-order valence-corrected chi connectivity index (χ2v) is 5.90. The topological polar surface area (TPSA) is 153 Å². The number of tetrazole rings is 1. The van der Waals surface area contributed by atoms with Crippen molar-refractivity contribution in [3.63, 3.8) is 0 Å². The van der Waals surface area contributed by atoms with Crippen molar-refractivity contribution in [2.45, 2.75) is 19.0 Å². The zero-order valence-electron chi connectivity index (χ0n) is 15.1. The van der Waals surface area contributed by atoms with E-state index in [0.717, 1.165) is 23.1 Å². The normalized spacial score (nSPS) is 11.3. The molecule has 13 heteroatoms. The SMILES string of the molecule is Cl.N#Cc1cnc(Oc2ccc(-c3nnn(C[C@@H](N)CC(=O)O)n3)cc2F)c(F)c1. The predicted molar refractivity (Wildman–Crippen MR) is 99.7 cm³/mol. The maximum atomic E-state index is 14.4. The Balaban J connectivity index is 0.00000320. The van der Waals surface area contributed by atoms with Gasteiger partial charge in [-0.25, -0.2) is 13.8 Å². The summed E-state index contributed by atoms with van der Waals surface area (Å²) in [6, 6.07) is 5.67. The summed E-state index contributed by atoms with van der Waals surface area (Å²) in [6.07, 6.45) is 0.833. The predicted octanol–water partition coefficient (Wildman–Crippen LogP) is 1.90. The van der Waals surface area contributed by atoms with E-state index in [9.17, 15) is 13.6 Å². The Hall–Kier alpha value is -3.69. The lowest BCUT2D eigenvalue weighted by Crippen LogP contribution is -2.30. The van der Waals surface area contributed by atoms with Gasteiger partial charge in [0.1, 0.15) is 6.07 Å². The first-order valence-corrected chi connectivity index (χ1v) is 8.14. The largest absolute Gasteiger partial charge is 0.481 e. The molecule has 0 aliphatic heterocycles. The summed E-state index contributed by atoms with van der Waals surface area (Å²) < 4.78 is 33.3. The average Bonchev–Trinajstić information content (AvgIpc) is 3.12. The fourth-order valence-corrected chi connectivity index (χ4v) is 2.32. The van der Waals surface area contributed by atoms with E-state index < -0.39 is 29.5 Å². The number of hydrogen-bond acceptors (Lipinski definition) is 8. The Bertz CT molecular complexity index is 1100. The van der Waals surface area contributed by atoms with Crippen LogP contribution >= 0.6 is 12.4 Å². The van der Waals surface area contributed by atoms with E-state index in [0.29, 0.717) is 0 Å². The minimum absolute atomic E-state index is 0. The van der Waals surface area contributed by atoms with Gasteiger partial charge in [0.25, 0.3) is 5.88 Å². The highest BCUT2D eigenvalue weighted by atomic mass is 35.5. The van der Waals surface area contributed by atoms with Crippen molar-refractivity contribution in [3.8, 4) is 29.1 Å². The third-order valence-electron chi connectivity index (χ3n) is 3.62. The molecule has 0 saturated heterocycles. The van der Waals surface area contributed by atoms with Crippen LogP contribution in [0.2, 0.25) is 0 Å². The summed E-state index contributed by atoms with van der Waals surface area (Å²) >= 11 is 0. The maximum absolute atomic E-state index is 14.4. The smallest absolute Gasteiger partial charge is 0.304 e. The first-order valence-electron chi connectivity index (χ1n) is 8.14. The molecule has 2 heterocycles. The molecule has 156 valence electrons. The molecule has 1 atom stereocenters. The Kier molecular flexibility index (Phi) is 7.29. The number of ether oxygens (including phenoxy) is 1. The molecular formula is C17H14ClF2N7O3. The van der Waals surface area contributed by atoms with E-state index in [4.69, 9.17) is 20.8 Å². The van der Waals surface area contributed by atoms with Crippen LogP contribution in [0.4, 0.5) is 8.78 Å². The van der Waals surface area contributed by atoms with Crippen LogP contribution in [0.1, 0.15) is 12.0 Å². The average molecular weight is 438 g/mol. The van der Waals surface area contributed by atoms with Crippen molar-refractivity contribution in [2.24, 2.45) is 5.73 Å². The molecule has 0 amide bonds. The number of rotatable bonds is 7. The molecule has 3 aromatic rings. The summed E-state index contributed by atoms with van der Waals surface area (Å²) in [6.45, 7) is 0.0205. The highest BCUT2D eigenvalue weighted by Gasteiger charge is 2.15. The molecule has 1 aromatic carbocycles. The molecule has 0 spiro atoms. The van der Waals surface area contributed by atoms with Crippen molar-refractivity contribution in [2.75, 3.05) is 0 Å². The molecule has 0 bridgehead atoms. The van der Waals surface area contributed by atoms with E-state index in [-0.39, 0.29) is 48.1 Å². The third-order valence-corrected chi connectivity index (χ3v) is 3.62. The zero-order chi connectivity index (χ0) is 21.0. The molecule has 0 aliphatic carbocycles. The number of nitriles is 1. The van der Waals surface area contributed by atoms with Crippen molar-refractivity contribution < 1.29 is 23.4 Å². The summed E-state index contributed by atoms with van der Waals surface area (Å²) in [4.78, 5) is 15.4. The highest BCUT2D eigenvalue weighted by molar-refractivity contribution is 5.85. The molecule has 0 aliphatic rings. The van der Waals surface area contributed by atoms with Gasteiger partial charge in [-0.05, 0) is 29.5 Å². The quantitative estimate of drug-likeness (QED) is 0.564. The molecule has 0 radical (unpaired) electrons. The Labute approximate surface area is 174 Å². The second-order valence-electron chi connectivity index (χ2n) is 5.90.